The molecule has 9 heteroatoms. The number of nitrogens with one attached hydrogen (secondary N) is 1. The van der Waals surface area contributed by atoms with Gasteiger partial charge in [-0.25, -0.2) is 15.0 Å². The lowest BCUT2D eigenvalue weighted by atomic mass is 9.96. The predicted molar refractivity (Wildman–Crippen MR) is 247 cm³/mol. The van der Waals surface area contributed by atoms with Crippen molar-refractivity contribution in [2.75, 3.05) is 26.0 Å². The molecule has 3 aromatic rings. The van der Waals surface area contributed by atoms with Gasteiger partial charge in [-0.3, -0.25) is 4.79 Å². The quantitative estimate of drug-likeness (QED) is 0.107. The molecule has 0 saturated carbocycles. The SMILES string of the molecule is C/C=N\N1C=CC(Oc2ccc(Nc3ncnc4ccc(C)c(OCC(C)CC(C)CC)c34)cc2C)=CC1=C(C)C.CCC(C)C(=O)/C=C/C(C)N(C)C.CCCC. The Bertz CT molecular complexity index is 1890. The summed E-state index contributed by atoms with van der Waals surface area (Å²) in [4.78, 5) is 22.6. The molecule has 4 atom stereocenters. The molecule has 0 aliphatic carbocycles. The van der Waals surface area contributed by atoms with Gasteiger partial charge < -0.3 is 19.7 Å². The van der Waals surface area contributed by atoms with Gasteiger partial charge in [-0.2, -0.15) is 5.10 Å². The van der Waals surface area contributed by atoms with Gasteiger partial charge in [0, 0.05) is 36.1 Å². The van der Waals surface area contributed by atoms with E-state index in [2.05, 4.69) is 99.7 Å². The minimum Gasteiger partial charge on any atom is -0.492 e. The Kier molecular flexibility index (Phi) is 21.8. The summed E-state index contributed by atoms with van der Waals surface area (Å²) >= 11 is 0. The first-order valence-corrected chi connectivity index (χ1v) is 21.3. The maximum Gasteiger partial charge on any atom is 0.158 e. The second-order valence-corrected chi connectivity index (χ2v) is 15.9. The van der Waals surface area contributed by atoms with Crippen molar-refractivity contribution in [3.05, 3.63) is 95.3 Å². The molecule has 0 spiro atoms. The molecule has 58 heavy (non-hydrogen) atoms. The standard InChI is InChI=1S/C34H43N5O2.C11H21NO.C4H10/c1-9-23(5)17-24(6)20-40-33-25(7)11-13-29-32(33)34(36-21-35-29)38-27-12-14-31(26(8)18-27)41-28-15-16-39(37-10-2)30(19-28)22(3)4;1-6-9(2)11(13)8-7-10(3)12(4)5;1-3-4-2/h10-16,18-19,21,23-24H,9,17,20H2,1-8H3,(H,35,36,38);7-10H,6H2,1-5H3;3-4H2,1-2H3/b37-10-;8-7+;. The molecule has 0 amide bonds. The molecule has 0 fully saturated rings. The molecule has 1 aromatic heterocycles. The van der Waals surface area contributed by atoms with Crippen molar-refractivity contribution in [2.24, 2.45) is 22.9 Å². The fourth-order valence-corrected chi connectivity index (χ4v) is 5.67. The van der Waals surface area contributed by atoms with E-state index in [-0.39, 0.29) is 11.7 Å². The van der Waals surface area contributed by atoms with E-state index in [9.17, 15) is 4.79 Å². The summed E-state index contributed by atoms with van der Waals surface area (Å²) in [6.07, 6.45) is 18.7. The van der Waals surface area contributed by atoms with Gasteiger partial charge in [0.15, 0.2) is 5.78 Å². The molecule has 1 aliphatic heterocycles. The number of rotatable bonds is 17. The van der Waals surface area contributed by atoms with Gasteiger partial charge in [-0.1, -0.05) is 85.4 Å². The number of likely N-dealkylation sites (N-methyl/N-ethyl adjacent to an activating group) is 1. The number of aryl methyl sites for hydroxylation is 2. The van der Waals surface area contributed by atoms with Crippen LogP contribution in [0.25, 0.3) is 10.9 Å². The second-order valence-electron chi connectivity index (χ2n) is 15.9. The summed E-state index contributed by atoms with van der Waals surface area (Å²) in [5, 5.41) is 10.7. The first kappa shape index (κ1) is 49.4. The second kappa shape index (κ2) is 25.6. The van der Waals surface area contributed by atoms with Crippen LogP contribution >= 0.6 is 0 Å². The van der Waals surface area contributed by atoms with Crippen LogP contribution in [-0.2, 0) is 4.79 Å². The summed E-state index contributed by atoms with van der Waals surface area (Å²) in [7, 11) is 4.01. The molecule has 318 valence electrons. The van der Waals surface area contributed by atoms with Gasteiger partial charge >= 0.3 is 0 Å². The number of anilines is 2. The van der Waals surface area contributed by atoms with E-state index < -0.39 is 0 Å². The lowest BCUT2D eigenvalue weighted by molar-refractivity contribution is -0.117. The minimum absolute atomic E-state index is 0.158. The van der Waals surface area contributed by atoms with E-state index in [1.54, 1.807) is 18.6 Å². The number of carbonyl (C=O) groups is 1. The minimum atomic E-state index is 0.158. The lowest BCUT2D eigenvalue weighted by Crippen LogP contribution is -2.22. The molecule has 0 saturated heterocycles. The van der Waals surface area contributed by atoms with Gasteiger partial charge in [0.05, 0.1) is 23.2 Å². The topological polar surface area (TPSA) is 92.2 Å². The van der Waals surface area contributed by atoms with Crippen LogP contribution < -0.4 is 14.8 Å². The molecule has 4 rings (SSSR count). The molecule has 1 N–H and O–H groups in total. The van der Waals surface area contributed by atoms with E-state index >= 15 is 0 Å². The maximum absolute atomic E-state index is 11.4. The van der Waals surface area contributed by atoms with Crippen LogP contribution in [-0.4, -0.2) is 58.6 Å². The van der Waals surface area contributed by atoms with Gasteiger partial charge in [0.25, 0.3) is 0 Å². The molecular formula is C49H74N6O3. The first-order valence-electron chi connectivity index (χ1n) is 21.3. The third-order valence-corrected chi connectivity index (χ3v) is 10.2. The molecule has 2 heterocycles. The third-order valence-electron chi connectivity index (χ3n) is 10.2. The number of hydrogen-bond donors (Lipinski definition) is 1. The molecule has 4 unspecified atom stereocenters. The van der Waals surface area contributed by atoms with Gasteiger partial charge in [0.1, 0.15) is 29.4 Å². The van der Waals surface area contributed by atoms with E-state index in [0.29, 0.717) is 24.5 Å². The van der Waals surface area contributed by atoms with Crippen LogP contribution in [0.3, 0.4) is 0 Å². The number of unbranched alkanes of at least 4 members (excludes halogenated alkanes) is 1. The van der Waals surface area contributed by atoms with Gasteiger partial charge in [0.2, 0.25) is 0 Å². The highest BCUT2D eigenvalue weighted by molar-refractivity contribution is 5.96. The summed E-state index contributed by atoms with van der Waals surface area (Å²) in [6, 6.07) is 10.5. The highest BCUT2D eigenvalue weighted by Gasteiger charge is 2.17. The Labute approximate surface area is 351 Å². The van der Waals surface area contributed by atoms with Crippen molar-refractivity contribution in [1.29, 1.82) is 0 Å². The average molecular weight is 795 g/mol. The number of hydrogen-bond acceptors (Lipinski definition) is 9. The summed E-state index contributed by atoms with van der Waals surface area (Å²) in [5.74, 6) is 4.64. The zero-order valence-electron chi connectivity index (χ0n) is 38.4. The zero-order chi connectivity index (χ0) is 43.4. The molecule has 9 nitrogen and oxygen atoms in total. The Hall–Kier alpha value is -4.76. The number of ether oxygens (including phenoxy) is 2. The van der Waals surface area contributed by atoms with Gasteiger partial charge in [-0.05, 0) is 128 Å². The Morgan fingerprint density at radius 3 is 2.24 bits per heavy atom. The smallest absolute Gasteiger partial charge is 0.158 e. The number of benzene rings is 2. The highest BCUT2D eigenvalue weighted by Crippen LogP contribution is 2.36. The monoisotopic (exact) mass is 795 g/mol. The molecule has 2 aromatic carbocycles. The lowest BCUT2D eigenvalue weighted by Gasteiger charge is -2.22. The van der Waals surface area contributed by atoms with Crippen LogP contribution in [0, 0.1) is 31.6 Å². The number of ketones is 1. The van der Waals surface area contributed by atoms with Crippen molar-refractivity contribution >= 4 is 34.4 Å². The third kappa shape index (κ3) is 15.9. The molecular weight excluding hydrogens is 721 g/mol. The van der Waals surface area contributed by atoms with Crippen LogP contribution in [0.2, 0.25) is 0 Å². The van der Waals surface area contributed by atoms with Crippen LogP contribution in [0.15, 0.2) is 89.3 Å². The number of carbonyl (C=O) groups excluding carboxylic acids is 1. The van der Waals surface area contributed by atoms with E-state index in [0.717, 1.165) is 74.9 Å². The Morgan fingerprint density at radius 1 is 0.948 bits per heavy atom. The number of hydrazone groups is 1. The molecule has 0 bridgehead atoms. The number of nitrogens with zero attached hydrogens (tertiary/aromatic N) is 5. The highest BCUT2D eigenvalue weighted by atomic mass is 16.5. The van der Waals surface area contributed by atoms with E-state index in [1.807, 2.05) is 89.4 Å². The Balaban J connectivity index is 0.000000572. The Morgan fingerprint density at radius 2 is 1.66 bits per heavy atom. The van der Waals surface area contributed by atoms with E-state index in [4.69, 9.17) is 9.47 Å². The number of allylic oxidation sites excluding steroid dienone is 4. The average Bonchev–Trinajstić information content (AvgIpc) is 3.20. The predicted octanol–water partition coefficient (Wildman–Crippen LogP) is 12.7. The maximum atomic E-state index is 11.4. The number of fused-ring (bicyclic) bond motifs is 1. The van der Waals surface area contributed by atoms with Crippen molar-refractivity contribution < 1.29 is 14.3 Å². The van der Waals surface area contributed by atoms with Crippen LogP contribution in [0.4, 0.5) is 11.5 Å². The summed E-state index contributed by atoms with van der Waals surface area (Å²) in [5.41, 5.74) is 5.98. The van der Waals surface area contributed by atoms with Crippen molar-refractivity contribution in [3.8, 4) is 11.5 Å². The molecule has 0 radical (unpaired) electrons. The zero-order valence-corrected chi connectivity index (χ0v) is 38.4. The van der Waals surface area contributed by atoms with Crippen LogP contribution in [0.1, 0.15) is 119 Å². The van der Waals surface area contributed by atoms with Crippen molar-refractivity contribution in [2.45, 2.75) is 128 Å². The fraction of sp³-hybridized carbons (Fsp3) is 0.510. The summed E-state index contributed by atoms with van der Waals surface area (Å²) in [6.45, 7) is 28.0. The van der Waals surface area contributed by atoms with Crippen molar-refractivity contribution in [3.63, 3.8) is 0 Å². The van der Waals surface area contributed by atoms with Gasteiger partial charge in [-0.15, -0.1) is 0 Å². The van der Waals surface area contributed by atoms with E-state index in [1.165, 1.54) is 19.3 Å². The largest absolute Gasteiger partial charge is 0.492 e. The fourth-order valence-electron chi connectivity index (χ4n) is 5.67. The van der Waals surface area contributed by atoms with Crippen molar-refractivity contribution in [1.82, 2.24) is 19.9 Å². The normalized spacial score (nSPS) is 14.7. The first-order chi connectivity index (χ1) is 27.6. The number of aromatic nitrogens is 2. The molecule has 1 aliphatic rings. The van der Waals surface area contributed by atoms with Crippen LogP contribution in [0.5, 0.6) is 11.5 Å². The summed E-state index contributed by atoms with van der Waals surface area (Å²) < 4.78 is 12.7.